The zero-order valence-electron chi connectivity index (χ0n) is 18.8. The summed E-state index contributed by atoms with van der Waals surface area (Å²) in [5.74, 6) is -0.357. The molecule has 1 aliphatic carbocycles. The maximum atomic E-state index is 13.5. The number of rotatable bonds is 6. The zero-order valence-corrected chi connectivity index (χ0v) is 19.6. The minimum Gasteiger partial charge on any atom is -0.468 e. The number of ether oxygens (including phenoxy) is 1. The normalized spacial score (nSPS) is 18.5. The van der Waals surface area contributed by atoms with Crippen molar-refractivity contribution in [1.29, 1.82) is 0 Å². The lowest BCUT2D eigenvalue weighted by molar-refractivity contribution is -0.137. The minimum absolute atomic E-state index is 0.0346. The molecule has 1 fully saturated rings. The number of halogens is 1. The molecule has 8 heteroatoms. The van der Waals surface area contributed by atoms with Crippen LogP contribution in [0.1, 0.15) is 50.1 Å². The first-order valence-corrected chi connectivity index (χ1v) is 12.3. The van der Waals surface area contributed by atoms with E-state index in [-0.39, 0.29) is 29.4 Å². The summed E-state index contributed by atoms with van der Waals surface area (Å²) in [6.45, 7) is 1.33. The Morgan fingerprint density at radius 2 is 2.03 bits per heavy atom. The molecule has 4 rings (SSSR count). The van der Waals surface area contributed by atoms with E-state index in [4.69, 9.17) is 9.72 Å². The molecule has 0 N–H and O–H groups in total. The summed E-state index contributed by atoms with van der Waals surface area (Å²) >= 11 is 1.22. The predicted molar refractivity (Wildman–Crippen MR) is 125 cm³/mol. The number of carbonyl (C=O) groups is 2. The number of amides is 1. The van der Waals surface area contributed by atoms with Crippen molar-refractivity contribution < 1.29 is 18.7 Å². The van der Waals surface area contributed by atoms with Crippen molar-refractivity contribution in [2.24, 2.45) is 0 Å². The Labute approximate surface area is 197 Å². The van der Waals surface area contributed by atoms with Crippen molar-refractivity contribution in [3.05, 3.63) is 53.6 Å². The van der Waals surface area contributed by atoms with Gasteiger partial charge in [0.1, 0.15) is 5.82 Å². The van der Waals surface area contributed by atoms with Gasteiger partial charge in [-0.15, -0.1) is 0 Å². The van der Waals surface area contributed by atoms with E-state index in [0.717, 1.165) is 67.5 Å². The molecular formula is C25H28FN3O3S. The summed E-state index contributed by atoms with van der Waals surface area (Å²) in [5.41, 5.74) is 3.42. The molecule has 1 amide bonds. The average Bonchev–Trinajstić information content (AvgIpc) is 2.87. The molecule has 1 aliphatic heterocycles. The van der Waals surface area contributed by atoms with Gasteiger partial charge in [-0.2, -0.15) is 0 Å². The summed E-state index contributed by atoms with van der Waals surface area (Å²) in [7, 11) is 1.35. The molecule has 0 bridgehead atoms. The van der Waals surface area contributed by atoms with Gasteiger partial charge in [-0.1, -0.05) is 30.0 Å². The SMILES string of the molecule is COC(=O)CSc1ncc(-c2ccc(F)cc2)c([C@H]2CCCN(C(=O)C3=CCCCC3)C2)n1. The van der Waals surface area contributed by atoms with Gasteiger partial charge in [-0.05, 0) is 56.2 Å². The number of hydrogen-bond acceptors (Lipinski definition) is 6. The van der Waals surface area contributed by atoms with Gasteiger partial charge >= 0.3 is 5.97 Å². The largest absolute Gasteiger partial charge is 0.468 e. The van der Waals surface area contributed by atoms with Gasteiger partial charge in [-0.3, -0.25) is 9.59 Å². The molecule has 174 valence electrons. The van der Waals surface area contributed by atoms with E-state index in [1.807, 2.05) is 4.90 Å². The lowest BCUT2D eigenvalue weighted by Gasteiger charge is -2.34. The topological polar surface area (TPSA) is 72.4 Å². The van der Waals surface area contributed by atoms with E-state index in [2.05, 4.69) is 11.1 Å². The number of methoxy groups -OCH3 is 1. The van der Waals surface area contributed by atoms with Crippen LogP contribution in [0.25, 0.3) is 11.1 Å². The fourth-order valence-electron chi connectivity index (χ4n) is 4.41. The van der Waals surface area contributed by atoms with Crippen molar-refractivity contribution in [1.82, 2.24) is 14.9 Å². The highest BCUT2D eigenvalue weighted by atomic mass is 32.2. The van der Waals surface area contributed by atoms with E-state index < -0.39 is 0 Å². The van der Waals surface area contributed by atoms with Gasteiger partial charge in [0.25, 0.3) is 0 Å². The molecule has 33 heavy (non-hydrogen) atoms. The van der Waals surface area contributed by atoms with Crippen LogP contribution < -0.4 is 0 Å². The molecule has 2 heterocycles. The molecule has 1 aromatic heterocycles. The predicted octanol–water partition coefficient (Wildman–Crippen LogP) is 4.75. The number of nitrogens with zero attached hydrogens (tertiary/aromatic N) is 3. The Morgan fingerprint density at radius 1 is 1.21 bits per heavy atom. The summed E-state index contributed by atoms with van der Waals surface area (Å²) in [6.07, 6.45) is 9.65. The Morgan fingerprint density at radius 3 is 2.76 bits per heavy atom. The number of allylic oxidation sites excluding steroid dienone is 1. The van der Waals surface area contributed by atoms with Crippen LogP contribution in [-0.4, -0.2) is 52.7 Å². The van der Waals surface area contributed by atoms with Gasteiger partial charge < -0.3 is 9.64 Å². The molecule has 1 aromatic carbocycles. The van der Waals surface area contributed by atoms with Crippen molar-refractivity contribution >= 4 is 23.6 Å². The number of likely N-dealkylation sites (tertiary alicyclic amines) is 1. The van der Waals surface area contributed by atoms with Crippen molar-refractivity contribution in [3.8, 4) is 11.1 Å². The molecule has 6 nitrogen and oxygen atoms in total. The molecule has 0 saturated carbocycles. The zero-order chi connectivity index (χ0) is 23.2. The van der Waals surface area contributed by atoms with Gasteiger partial charge in [0.2, 0.25) is 5.91 Å². The maximum absolute atomic E-state index is 13.5. The Bertz CT molecular complexity index is 1040. The summed E-state index contributed by atoms with van der Waals surface area (Å²) < 4.78 is 18.2. The van der Waals surface area contributed by atoms with E-state index in [1.165, 1.54) is 31.0 Å². The van der Waals surface area contributed by atoms with Crippen LogP contribution >= 0.6 is 11.8 Å². The Hall–Kier alpha value is -2.74. The van der Waals surface area contributed by atoms with E-state index >= 15 is 0 Å². The number of thioether (sulfide) groups is 1. The van der Waals surface area contributed by atoms with E-state index in [0.29, 0.717) is 11.7 Å². The smallest absolute Gasteiger partial charge is 0.316 e. The van der Waals surface area contributed by atoms with Crippen molar-refractivity contribution in [2.45, 2.75) is 49.6 Å². The molecule has 1 saturated heterocycles. The summed E-state index contributed by atoms with van der Waals surface area (Å²) in [5, 5.41) is 0.486. The second-order valence-corrected chi connectivity index (χ2v) is 9.33. The molecule has 0 radical (unpaired) electrons. The minimum atomic E-state index is -0.344. The standard InChI is InChI=1S/C25H28FN3O3S/c1-32-22(30)16-33-25-27-14-21(17-9-11-20(26)12-10-17)23(28-25)19-8-5-13-29(15-19)24(31)18-6-3-2-4-7-18/h6,9-12,14,19H,2-5,7-8,13,15-16H2,1H3/t19-/m0/s1. The number of esters is 1. The average molecular weight is 470 g/mol. The van der Waals surface area contributed by atoms with Crippen LogP contribution in [0, 0.1) is 5.82 Å². The van der Waals surface area contributed by atoms with Crippen molar-refractivity contribution in [3.63, 3.8) is 0 Å². The lowest BCUT2D eigenvalue weighted by atomic mass is 9.89. The van der Waals surface area contributed by atoms with Crippen LogP contribution in [0.15, 0.2) is 47.3 Å². The number of carbonyl (C=O) groups excluding carboxylic acids is 2. The summed E-state index contributed by atoms with van der Waals surface area (Å²) in [6, 6.07) is 6.28. The fraction of sp³-hybridized carbons (Fsp3) is 0.440. The molecule has 2 aliphatic rings. The Kier molecular flexibility index (Phi) is 7.75. The van der Waals surface area contributed by atoms with E-state index in [1.54, 1.807) is 18.3 Å². The molecule has 1 atom stereocenters. The first-order chi connectivity index (χ1) is 16.0. The number of benzene rings is 1. The van der Waals surface area contributed by atoms with Gasteiger partial charge in [0.15, 0.2) is 5.16 Å². The third-order valence-corrected chi connectivity index (χ3v) is 6.99. The van der Waals surface area contributed by atoms with Gasteiger partial charge in [0, 0.05) is 36.3 Å². The molecular weight excluding hydrogens is 441 g/mol. The third kappa shape index (κ3) is 5.79. The summed E-state index contributed by atoms with van der Waals surface area (Å²) in [4.78, 5) is 35.9. The van der Waals surface area contributed by atoms with Gasteiger partial charge in [-0.25, -0.2) is 14.4 Å². The first-order valence-electron chi connectivity index (χ1n) is 11.4. The van der Waals surface area contributed by atoms with Crippen LogP contribution in [0.3, 0.4) is 0 Å². The number of hydrogen-bond donors (Lipinski definition) is 0. The Balaban J connectivity index is 1.62. The van der Waals surface area contributed by atoms with Crippen LogP contribution in [0.5, 0.6) is 0 Å². The third-order valence-electron chi connectivity index (χ3n) is 6.16. The second kappa shape index (κ2) is 10.9. The monoisotopic (exact) mass is 469 g/mol. The maximum Gasteiger partial charge on any atom is 0.316 e. The highest BCUT2D eigenvalue weighted by Gasteiger charge is 2.29. The lowest BCUT2D eigenvalue weighted by Crippen LogP contribution is -2.40. The number of piperidine rings is 1. The molecule has 2 aromatic rings. The molecule has 0 spiro atoms. The first kappa shape index (κ1) is 23.4. The van der Waals surface area contributed by atoms with Gasteiger partial charge in [0.05, 0.1) is 18.6 Å². The van der Waals surface area contributed by atoms with Crippen molar-refractivity contribution in [2.75, 3.05) is 26.0 Å². The van der Waals surface area contributed by atoms with Crippen LogP contribution in [-0.2, 0) is 14.3 Å². The second-order valence-electron chi connectivity index (χ2n) is 8.39. The molecule has 0 unspecified atom stereocenters. The van der Waals surface area contributed by atoms with Crippen LogP contribution in [0.4, 0.5) is 4.39 Å². The fourth-order valence-corrected chi connectivity index (χ4v) is 5.07. The number of aromatic nitrogens is 2. The highest BCUT2D eigenvalue weighted by molar-refractivity contribution is 7.99. The van der Waals surface area contributed by atoms with Crippen LogP contribution in [0.2, 0.25) is 0 Å². The quantitative estimate of drug-likeness (QED) is 0.345. The van der Waals surface area contributed by atoms with E-state index in [9.17, 15) is 14.0 Å². The highest BCUT2D eigenvalue weighted by Crippen LogP contribution is 2.35.